The Morgan fingerprint density at radius 2 is 2.17 bits per heavy atom. The van der Waals surface area contributed by atoms with Crippen LogP contribution in [-0.4, -0.2) is 47.0 Å². The smallest absolute Gasteiger partial charge is 0.273 e. The van der Waals surface area contributed by atoms with Crippen LogP contribution in [0.4, 0.5) is 0 Å². The Bertz CT molecular complexity index is 974. The minimum atomic E-state index is -0.206. The standard InChI is InChI=1S/C22H26N4O3/c1-15(16-7-10-26(2)11-8-16)24-22(27)19-13-29-21(25-19)14-28-20-5-3-4-17-12-23-9-6-18(17)20/h3-6,9,12-13,15-16H,7-8,10-11,14H2,1-2H3,(H,24,27). The summed E-state index contributed by atoms with van der Waals surface area (Å²) < 4.78 is 11.3. The van der Waals surface area contributed by atoms with Crippen molar-refractivity contribution >= 4 is 16.7 Å². The maximum atomic E-state index is 12.5. The van der Waals surface area contributed by atoms with Crippen molar-refractivity contribution in [3.63, 3.8) is 0 Å². The second-order valence-electron chi connectivity index (χ2n) is 7.67. The van der Waals surface area contributed by atoms with Crippen molar-refractivity contribution < 1.29 is 13.9 Å². The van der Waals surface area contributed by atoms with E-state index in [4.69, 9.17) is 9.15 Å². The zero-order valence-electron chi connectivity index (χ0n) is 16.8. The molecule has 1 unspecified atom stereocenters. The van der Waals surface area contributed by atoms with E-state index in [9.17, 15) is 4.79 Å². The van der Waals surface area contributed by atoms with Gasteiger partial charge in [-0.3, -0.25) is 9.78 Å². The number of ether oxygens (including phenoxy) is 1. The lowest BCUT2D eigenvalue weighted by atomic mass is 9.90. The summed E-state index contributed by atoms with van der Waals surface area (Å²) in [5.41, 5.74) is 0.283. The van der Waals surface area contributed by atoms with Crippen molar-refractivity contribution in [3.8, 4) is 5.75 Å². The van der Waals surface area contributed by atoms with Crippen LogP contribution in [0, 0.1) is 5.92 Å². The zero-order valence-corrected chi connectivity index (χ0v) is 16.8. The Labute approximate surface area is 170 Å². The third-order valence-electron chi connectivity index (χ3n) is 5.61. The van der Waals surface area contributed by atoms with Crippen molar-refractivity contribution in [3.05, 3.63) is 54.5 Å². The van der Waals surface area contributed by atoms with Gasteiger partial charge in [-0.1, -0.05) is 12.1 Å². The second-order valence-corrected chi connectivity index (χ2v) is 7.67. The van der Waals surface area contributed by atoms with Crippen molar-refractivity contribution in [2.45, 2.75) is 32.4 Å². The molecule has 1 fully saturated rings. The molecule has 7 heteroatoms. The lowest BCUT2D eigenvalue weighted by Gasteiger charge is -2.32. The number of rotatable bonds is 6. The van der Waals surface area contributed by atoms with Crippen LogP contribution in [0.1, 0.15) is 36.1 Å². The van der Waals surface area contributed by atoms with E-state index in [1.54, 1.807) is 12.4 Å². The van der Waals surface area contributed by atoms with Gasteiger partial charge in [-0.25, -0.2) is 4.98 Å². The number of likely N-dealkylation sites (tertiary alicyclic amines) is 1. The van der Waals surface area contributed by atoms with Crippen LogP contribution < -0.4 is 10.1 Å². The first-order chi connectivity index (χ1) is 14.1. The molecule has 0 saturated carbocycles. The van der Waals surface area contributed by atoms with E-state index in [1.807, 2.05) is 24.3 Å². The molecule has 0 aliphatic carbocycles. The maximum Gasteiger partial charge on any atom is 0.273 e. The van der Waals surface area contributed by atoms with Gasteiger partial charge in [-0.2, -0.15) is 0 Å². The fourth-order valence-corrected chi connectivity index (χ4v) is 3.77. The predicted molar refractivity (Wildman–Crippen MR) is 110 cm³/mol. The third kappa shape index (κ3) is 4.56. The molecule has 1 N–H and O–H groups in total. The molecule has 7 nitrogen and oxygen atoms in total. The van der Waals surface area contributed by atoms with Crippen molar-refractivity contribution in [2.24, 2.45) is 5.92 Å². The molecule has 1 aliphatic rings. The van der Waals surface area contributed by atoms with Crippen LogP contribution >= 0.6 is 0 Å². The van der Waals surface area contributed by atoms with Gasteiger partial charge in [-0.15, -0.1) is 0 Å². The molecule has 4 rings (SSSR count). The number of nitrogens with zero attached hydrogens (tertiary/aromatic N) is 3. The van der Waals surface area contributed by atoms with Gasteiger partial charge in [0.1, 0.15) is 12.0 Å². The van der Waals surface area contributed by atoms with Gasteiger partial charge >= 0.3 is 0 Å². The molecule has 152 valence electrons. The summed E-state index contributed by atoms with van der Waals surface area (Å²) >= 11 is 0. The molecule has 2 aromatic heterocycles. The first-order valence-electron chi connectivity index (χ1n) is 9.99. The Morgan fingerprint density at radius 1 is 1.34 bits per heavy atom. The topological polar surface area (TPSA) is 80.5 Å². The quantitative estimate of drug-likeness (QED) is 0.691. The molecular weight excluding hydrogens is 368 g/mol. The molecular formula is C22H26N4O3. The summed E-state index contributed by atoms with van der Waals surface area (Å²) in [6.45, 7) is 4.35. The molecule has 0 spiro atoms. The van der Waals surface area contributed by atoms with Crippen LogP contribution in [0.15, 0.2) is 47.3 Å². The highest BCUT2D eigenvalue weighted by Gasteiger charge is 2.24. The average Bonchev–Trinajstić information content (AvgIpc) is 3.22. The number of carbonyl (C=O) groups is 1. The number of oxazole rings is 1. The van der Waals surface area contributed by atoms with Crippen LogP contribution in [0.5, 0.6) is 5.75 Å². The first-order valence-corrected chi connectivity index (χ1v) is 9.99. The molecule has 0 bridgehead atoms. The minimum Gasteiger partial charge on any atom is -0.483 e. The Hall–Kier alpha value is -2.93. The number of hydrogen-bond donors (Lipinski definition) is 1. The summed E-state index contributed by atoms with van der Waals surface area (Å²) in [4.78, 5) is 23.3. The number of amides is 1. The van der Waals surface area contributed by atoms with Gasteiger partial charge in [0.15, 0.2) is 12.3 Å². The van der Waals surface area contributed by atoms with Crippen LogP contribution in [-0.2, 0) is 6.61 Å². The molecule has 29 heavy (non-hydrogen) atoms. The molecule has 1 aromatic carbocycles. The molecule has 1 atom stereocenters. The number of fused-ring (bicyclic) bond motifs is 1. The van der Waals surface area contributed by atoms with Gasteiger partial charge < -0.3 is 19.4 Å². The van der Waals surface area contributed by atoms with Crippen LogP contribution in [0.2, 0.25) is 0 Å². The van der Waals surface area contributed by atoms with Gasteiger partial charge in [0.25, 0.3) is 5.91 Å². The van der Waals surface area contributed by atoms with E-state index in [0.717, 1.165) is 42.5 Å². The fourth-order valence-electron chi connectivity index (χ4n) is 3.77. The van der Waals surface area contributed by atoms with Crippen molar-refractivity contribution in [1.82, 2.24) is 20.2 Å². The SMILES string of the molecule is CC(NC(=O)c1coc(COc2cccc3cnccc23)n1)C1CCN(C)CC1. The molecule has 0 radical (unpaired) electrons. The van der Waals surface area contributed by atoms with E-state index < -0.39 is 0 Å². The highest BCUT2D eigenvalue weighted by Crippen LogP contribution is 2.25. The molecule has 3 heterocycles. The third-order valence-corrected chi connectivity index (χ3v) is 5.61. The normalized spacial score (nSPS) is 16.6. The predicted octanol–water partition coefficient (Wildman–Crippen LogP) is 3.26. The van der Waals surface area contributed by atoms with Crippen molar-refractivity contribution in [1.29, 1.82) is 0 Å². The highest BCUT2D eigenvalue weighted by atomic mass is 16.5. The highest BCUT2D eigenvalue weighted by molar-refractivity contribution is 5.92. The number of pyridine rings is 1. The van der Waals surface area contributed by atoms with E-state index in [1.165, 1.54) is 6.26 Å². The summed E-state index contributed by atoms with van der Waals surface area (Å²) in [5.74, 6) is 1.38. The Kier molecular flexibility index (Phi) is 5.76. The number of nitrogens with one attached hydrogen (secondary N) is 1. The molecule has 3 aromatic rings. The Morgan fingerprint density at radius 3 is 3.00 bits per heavy atom. The molecule has 1 saturated heterocycles. The molecule has 1 aliphatic heterocycles. The van der Waals surface area contributed by atoms with E-state index >= 15 is 0 Å². The largest absolute Gasteiger partial charge is 0.483 e. The molecule has 1 amide bonds. The number of carbonyl (C=O) groups excluding carboxylic acids is 1. The summed E-state index contributed by atoms with van der Waals surface area (Å²) in [6.07, 6.45) is 7.10. The zero-order chi connectivity index (χ0) is 20.2. The number of aromatic nitrogens is 2. The van der Waals surface area contributed by atoms with E-state index in [0.29, 0.717) is 11.8 Å². The maximum absolute atomic E-state index is 12.5. The lowest BCUT2D eigenvalue weighted by molar-refractivity contribution is 0.0904. The van der Waals surface area contributed by atoms with Crippen molar-refractivity contribution in [2.75, 3.05) is 20.1 Å². The number of hydrogen-bond acceptors (Lipinski definition) is 6. The van der Waals surface area contributed by atoms with E-state index in [2.05, 4.69) is 34.2 Å². The number of piperidine rings is 1. The summed E-state index contributed by atoms with van der Waals surface area (Å²) in [6, 6.07) is 7.80. The average molecular weight is 394 g/mol. The monoisotopic (exact) mass is 394 g/mol. The minimum absolute atomic E-state index is 0.108. The first kappa shape index (κ1) is 19.4. The van der Waals surface area contributed by atoms with Crippen LogP contribution in [0.25, 0.3) is 10.8 Å². The van der Waals surface area contributed by atoms with Crippen LogP contribution in [0.3, 0.4) is 0 Å². The van der Waals surface area contributed by atoms with Gasteiger partial charge in [0.2, 0.25) is 5.89 Å². The van der Waals surface area contributed by atoms with Gasteiger partial charge in [0.05, 0.1) is 0 Å². The Balaban J connectivity index is 1.35. The lowest BCUT2D eigenvalue weighted by Crippen LogP contribution is -2.43. The second kappa shape index (κ2) is 8.61. The summed E-state index contributed by atoms with van der Waals surface area (Å²) in [5, 5.41) is 5.04. The van der Waals surface area contributed by atoms with E-state index in [-0.39, 0.29) is 24.2 Å². The summed E-state index contributed by atoms with van der Waals surface area (Å²) in [7, 11) is 2.13. The van der Waals surface area contributed by atoms with Gasteiger partial charge in [-0.05, 0) is 58.0 Å². The number of benzene rings is 1. The fraction of sp³-hybridized carbons (Fsp3) is 0.409. The van der Waals surface area contributed by atoms with Gasteiger partial charge in [0, 0.05) is 29.2 Å².